The number of nitrogens with zero attached hydrogens (tertiary/aromatic N) is 1. The lowest BCUT2D eigenvalue weighted by molar-refractivity contribution is 0.0591. The van der Waals surface area contributed by atoms with Crippen LogP contribution in [0.5, 0.6) is 0 Å². The normalized spacial score (nSPS) is 10.1. The first kappa shape index (κ1) is 10.8. The van der Waals surface area contributed by atoms with Gasteiger partial charge in [0.05, 0.1) is 17.8 Å². The number of carbonyl (C=O) groups excluding carboxylic acids is 1. The summed E-state index contributed by atoms with van der Waals surface area (Å²) >= 11 is 6.06. The molecule has 0 fully saturated rings. The molecule has 0 aliphatic carbocycles. The van der Waals surface area contributed by atoms with Gasteiger partial charge in [0, 0.05) is 6.20 Å². The van der Waals surface area contributed by atoms with Crippen molar-refractivity contribution in [3.8, 4) is 5.69 Å². The number of aromatic nitrogens is 1. The lowest BCUT2D eigenvalue weighted by Crippen LogP contribution is -2.08. The fourth-order valence-electron chi connectivity index (χ4n) is 1.51. The third-order valence-electron chi connectivity index (χ3n) is 2.26. The third-order valence-corrected chi connectivity index (χ3v) is 2.57. The summed E-state index contributed by atoms with van der Waals surface area (Å²) in [4.78, 5) is 11.5. The summed E-state index contributed by atoms with van der Waals surface area (Å²) in [5.74, 6) is -0.384. The van der Waals surface area contributed by atoms with Crippen molar-refractivity contribution in [3.63, 3.8) is 0 Å². The molecule has 4 heteroatoms. The van der Waals surface area contributed by atoms with Gasteiger partial charge >= 0.3 is 5.97 Å². The van der Waals surface area contributed by atoms with Crippen molar-refractivity contribution in [2.75, 3.05) is 7.11 Å². The molecule has 0 aliphatic rings. The maximum Gasteiger partial charge on any atom is 0.355 e. The fourth-order valence-corrected chi connectivity index (χ4v) is 1.74. The summed E-state index contributed by atoms with van der Waals surface area (Å²) in [5.41, 5.74) is 1.21. The van der Waals surface area contributed by atoms with E-state index in [0.717, 1.165) is 5.69 Å². The molecule has 0 unspecified atom stereocenters. The molecule has 0 aliphatic heterocycles. The molecule has 0 radical (unpaired) electrons. The molecule has 3 nitrogen and oxygen atoms in total. The predicted molar refractivity (Wildman–Crippen MR) is 62.1 cm³/mol. The van der Waals surface area contributed by atoms with E-state index in [4.69, 9.17) is 16.3 Å². The SMILES string of the molecule is COC(=O)c1cccn1-c1ccccc1Cl. The van der Waals surface area contributed by atoms with Crippen molar-refractivity contribution in [2.45, 2.75) is 0 Å². The van der Waals surface area contributed by atoms with Gasteiger partial charge in [-0.2, -0.15) is 0 Å². The first-order valence-electron chi connectivity index (χ1n) is 4.74. The molecule has 16 heavy (non-hydrogen) atoms. The molecule has 0 spiro atoms. The Balaban J connectivity index is 2.53. The Hall–Kier alpha value is -1.74. The van der Waals surface area contributed by atoms with Crippen molar-refractivity contribution < 1.29 is 9.53 Å². The van der Waals surface area contributed by atoms with E-state index in [1.807, 2.05) is 18.2 Å². The van der Waals surface area contributed by atoms with Gasteiger partial charge in [-0.25, -0.2) is 4.79 Å². The van der Waals surface area contributed by atoms with Crippen LogP contribution >= 0.6 is 11.6 Å². The van der Waals surface area contributed by atoms with Crippen LogP contribution in [0.3, 0.4) is 0 Å². The van der Waals surface area contributed by atoms with Crippen LogP contribution in [0, 0.1) is 0 Å². The van der Waals surface area contributed by atoms with Gasteiger partial charge in [-0.15, -0.1) is 0 Å². The lowest BCUT2D eigenvalue weighted by atomic mass is 10.3. The molecule has 0 bridgehead atoms. The second-order valence-corrected chi connectivity index (χ2v) is 3.61. The van der Waals surface area contributed by atoms with Crippen LogP contribution in [0.15, 0.2) is 42.6 Å². The number of methoxy groups -OCH3 is 1. The number of carbonyl (C=O) groups is 1. The topological polar surface area (TPSA) is 31.2 Å². The van der Waals surface area contributed by atoms with Crippen LogP contribution < -0.4 is 0 Å². The van der Waals surface area contributed by atoms with Gasteiger partial charge in [0.2, 0.25) is 0 Å². The van der Waals surface area contributed by atoms with E-state index in [2.05, 4.69) is 0 Å². The van der Waals surface area contributed by atoms with Crippen LogP contribution in [0.1, 0.15) is 10.5 Å². The minimum Gasteiger partial charge on any atom is -0.464 e. The molecule has 0 atom stereocenters. The van der Waals surface area contributed by atoms with E-state index >= 15 is 0 Å². The average Bonchev–Trinajstić information content (AvgIpc) is 2.77. The summed E-state index contributed by atoms with van der Waals surface area (Å²) in [6, 6.07) is 10.8. The number of ether oxygens (including phenoxy) is 1. The molecule has 0 saturated carbocycles. The molecule has 1 aromatic heterocycles. The van der Waals surface area contributed by atoms with Crippen LogP contribution in [0.25, 0.3) is 5.69 Å². The summed E-state index contributed by atoms with van der Waals surface area (Å²) in [5, 5.41) is 0.587. The highest BCUT2D eigenvalue weighted by Gasteiger charge is 2.13. The van der Waals surface area contributed by atoms with Gasteiger partial charge < -0.3 is 9.30 Å². The van der Waals surface area contributed by atoms with E-state index in [0.29, 0.717) is 10.7 Å². The van der Waals surface area contributed by atoms with Gasteiger partial charge in [-0.3, -0.25) is 0 Å². The summed E-state index contributed by atoms with van der Waals surface area (Å²) in [6.07, 6.45) is 1.77. The van der Waals surface area contributed by atoms with Crippen LogP contribution in [-0.2, 0) is 4.74 Å². The van der Waals surface area contributed by atoms with Crippen LogP contribution in [-0.4, -0.2) is 17.6 Å². The fraction of sp³-hybridized carbons (Fsp3) is 0.0833. The van der Waals surface area contributed by atoms with Crippen molar-refractivity contribution in [1.29, 1.82) is 0 Å². The zero-order chi connectivity index (χ0) is 11.5. The summed E-state index contributed by atoms with van der Waals surface area (Å²) in [7, 11) is 1.35. The number of esters is 1. The zero-order valence-corrected chi connectivity index (χ0v) is 9.44. The Labute approximate surface area is 98.2 Å². The van der Waals surface area contributed by atoms with Gasteiger partial charge in [-0.1, -0.05) is 23.7 Å². The molecule has 0 saturated heterocycles. The van der Waals surface area contributed by atoms with Crippen LogP contribution in [0.4, 0.5) is 0 Å². The Morgan fingerprint density at radius 1 is 1.25 bits per heavy atom. The van der Waals surface area contributed by atoms with E-state index < -0.39 is 0 Å². The molecule has 0 N–H and O–H groups in total. The molecule has 2 aromatic rings. The smallest absolute Gasteiger partial charge is 0.355 e. The van der Waals surface area contributed by atoms with Gasteiger partial charge in [-0.05, 0) is 24.3 Å². The van der Waals surface area contributed by atoms with Gasteiger partial charge in [0.15, 0.2) is 0 Å². The van der Waals surface area contributed by atoms with E-state index in [-0.39, 0.29) is 5.97 Å². The Kier molecular flexibility index (Phi) is 2.97. The molecule has 1 heterocycles. The third kappa shape index (κ3) is 1.82. The predicted octanol–water partition coefficient (Wildman–Crippen LogP) is 2.92. The molecule has 1 aromatic carbocycles. The van der Waals surface area contributed by atoms with Gasteiger partial charge in [0.1, 0.15) is 5.69 Å². The second-order valence-electron chi connectivity index (χ2n) is 3.21. The number of hydrogen-bond donors (Lipinski definition) is 0. The Bertz CT molecular complexity index is 519. The molecular weight excluding hydrogens is 226 g/mol. The average molecular weight is 236 g/mol. The summed E-state index contributed by atoms with van der Waals surface area (Å²) in [6.45, 7) is 0. The molecule has 82 valence electrons. The minimum atomic E-state index is -0.384. The van der Waals surface area contributed by atoms with Crippen molar-refractivity contribution in [1.82, 2.24) is 4.57 Å². The zero-order valence-electron chi connectivity index (χ0n) is 8.68. The first-order chi connectivity index (χ1) is 7.74. The Morgan fingerprint density at radius 3 is 2.69 bits per heavy atom. The molecular formula is C12H10ClNO2. The van der Waals surface area contributed by atoms with Crippen LogP contribution in [0.2, 0.25) is 5.02 Å². The highest BCUT2D eigenvalue weighted by molar-refractivity contribution is 6.32. The first-order valence-corrected chi connectivity index (χ1v) is 5.12. The van der Waals surface area contributed by atoms with Crippen molar-refractivity contribution in [3.05, 3.63) is 53.3 Å². The van der Waals surface area contributed by atoms with E-state index in [1.165, 1.54) is 7.11 Å². The quantitative estimate of drug-likeness (QED) is 0.750. The molecule has 2 rings (SSSR count). The lowest BCUT2D eigenvalue weighted by Gasteiger charge is -2.09. The Morgan fingerprint density at radius 2 is 2.00 bits per heavy atom. The maximum absolute atomic E-state index is 11.5. The minimum absolute atomic E-state index is 0.384. The number of hydrogen-bond acceptors (Lipinski definition) is 2. The highest BCUT2D eigenvalue weighted by Crippen LogP contribution is 2.22. The highest BCUT2D eigenvalue weighted by atomic mass is 35.5. The maximum atomic E-state index is 11.5. The monoisotopic (exact) mass is 235 g/mol. The van der Waals surface area contributed by atoms with Gasteiger partial charge in [0.25, 0.3) is 0 Å². The standard InChI is InChI=1S/C12H10ClNO2/c1-16-12(15)11-7-4-8-14(11)10-6-3-2-5-9(10)13/h2-8H,1H3. The number of benzene rings is 1. The molecule has 0 amide bonds. The van der Waals surface area contributed by atoms with Crippen molar-refractivity contribution in [2.24, 2.45) is 0 Å². The van der Waals surface area contributed by atoms with E-state index in [9.17, 15) is 4.79 Å². The summed E-state index contributed by atoms with van der Waals surface area (Å²) < 4.78 is 6.40. The van der Waals surface area contributed by atoms with E-state index in [1.54, 1.807) is 29.0 Å². The van der Waals surface area contributed by atoms with Crippen molar-refractivity contribution >= 4 is 17.6 Å². The number of para-hydroxylation sites is 1. The number of halogens is 1. The number of rotatable bonds is 2. The second kappa shape index (κ2) is 4.41. The largest absolute Gasteiger partial charge is 0.464 e.